The average Bonchev–Trinajstić information content (AvgIpc) is 2.96. The first-order valence-electron chi connectivity index (χ1n) is 10.2. The van der Waals surface area contributed by atoms with Crippen molar-refractivity contribution in [2.45, 2.75) is 16.6 Å². The highest BCUT2D eigenvalue weighted by atomic mass is 32.2. The van der Waals surface area contributed by atoms with Crippen LogP contribution in [-0.4, -0.2) is 30.4 Å². The fourth-order valence-electron chi connectivity index (χ4n) is 3.60. The summed E-state index contributed by atoms with van der Waals surface area (Å²) in [6.45, 7) is -0.200. The number of hydrogen-bond donors (Lipinski definition) is 1. The maximum absolute atomic E-state index is 13.2. The van der Waals surface area contributed by atoms with Gasteiger partial charge in [0.25, 0.3) is 5.69 Å². The van der Waals surface area contributed by atoms with Crippen LogP contribution in [0.3, 0.4) is 0 Å². The molecule has 1 aliphatic rings. The van der Waals surface area contributed by atoms with Gasteiger partial charge >= 0.3 is 0 Å². The van der Waals surface area contributed by atoms with E-state index in [9.17, 15) is 19.7 Å². The van der Waals surface area contributed by atoms with Crippen molar-refractivity contribution in [1.82, 2.24) is 0 Å². The third kappa shape index (κ3) is 5.15. The quantitative estimate of drug-likeness (QED) is 0.416. The van der Waals surface area contributed by atoms with Gasteiger partial charge in [0.05, 0.1) is 17.7 Å². The molecule has 0 aliphatic carbocycles. The molecule has 1 aliphatic heterocycles. The molecule has 1 N–H and O–H groups in total. The fraction of sp³-hybridized carbons (Fsp3) is 0.167. The number of carbonyl (C=O) groups is 2. The van der Waals surface area contributed by atoms with E-state index in [0.29, 0.717) is 11.4 Å². The Kier molecular flexibility index (Phi) is 6.60. The third-order valence-corrected chi connectivity index (χ3v) is 6.54. The van der Waals surface area contributed by atoms with Crippen molar-refractivity contribution in [3.63, 3.8) is 0 Å². The Morgan fingerprint density at radius 1 is 1.15 bits per heavy atom. The number of methoxy groups -OCH3 is 1. The molecule has 0 bridgehead atoms. The van der Waals surface area contributed by atoms with Crippen LogP contribution in [0.15, 0.2) is 77.7 Å². The lowest BCUT2D eigenvalue weighted by Crippen LogP contribution is -2.38. The number of rotatable bonds is 6. The third-order valence-electron chi connectivity index (χ3n) is 5.22. The molecule has 168 valence electrons. The zero-order valence-electron chi connectivity index (χ0n) is 17.8. The van der Waals surface area contributed by atoms with Crippen molar-refractivity contribution in [3.05, 3.63) is 88.5 Å². The van der Waals surface area contributed by atoms with Crippen LogP contribution in [0.1, 0.15) is 17.2 Å². The van der Waals surface area contributed by atoms with Crippen molar-refractivity contribution in [1.29, 1.82) is 0 Å². The molecule has 0 radical (unpaired) electrons. The van der Waals surface area contributed by atoms with Gasteiger partial charge in [0.2, 0.25) is 11.8 Å². The van der Waals surface area contributed by atoms with Crippen molar-refractivity contribution in [2.75, 3.05) is 23.9 Å². The molecule has 1 heterocycles. The highest BCUT2D eigenvalue weighted by Gasteiger charge is 2.30. The largest absolute Gasteiger partial charge is 0.497 e. The number of para-hydroxylation sites is 1. The van der Waals surface area contributed by atoms with E-state index in [-0.39, 0.29) is 29.8 Å². The maximum atomic E-state index is 13.2. The summed E-state index contributed by atoms with van der Waals surface area (Å²) in [6.07, 6.45) is 0.218. The van der Waals surface area contributed by atoms with Gasteiger partial charge in [0, 0.05) is 34.4 Å². The van der Waals surface area contributed by atoms with Crippen LogP contribution >= 0.6 is 11.8 Å². The number of hydrogen-bond acceptors (Lipinski definition) is 6. The topological polar surface area (TPSA) is 102 Å². The van der Waals surface area contributed by atoms with Crippen LogP contribution in [-0.2, 0) is 9.59 Å². The zero-order chi connectivity index (χ0) is 23.4. The molecule has 0 saturated carbocycles. The number of nitrogens with one attached hydrogen (secondary N) is 1. The SMILES string of the molecule is COc1ccc(C2CC(=O)N(CC(=O)Nc3cccc([N+](=O)[O-])c3)c3ccccc3S2)cc1. The normalized spacial score (nSPS) is 15.4. The van der Waals surface area contributed by atoms with Crippen LogP contribution in [0.5, 0.6) is 5.75 Å². The van der Waals surface area contributed by atoms with Gasteiger partial charge in [-0.05, 0) is 35.9 Å². The Morgan fingerprint density at radius 2 is 1.91 bits per heavy atom. The highest BCUT2D eigenvalue weighted by Crippen LogP contribution is 2.45. The second kappa shape index (κ2) is 9.74. The minimum Gasteiger partial charge on any atom is -0.497 e. The molecule has 3 aromatic carbocycles. The summed E-state index contributed by atoms with van der Waals surface area (Å²) < 4.78 is 5.22. The number of nitro groups is 1. The molecule has 3 aromatic rings. The van der Waals surface area contributed by atoms with Crippen LogP contribution in [0, 0.1) is 10.1 Å². The Labute approximate surface area is 194 Å². The number of anilines is 2. The lowest BCUT2D eigenvalue weighted by molar-refractivity contribution is -0.384. The molecule has 9 heteroatoms. The smallest absolute Gasteiger partial charge is 0.271 e. The first-order chi connectivity index (χ1) is 15.9. The molecule has 0 fully saturated rings. The van der Waals surface area contributed by atoms with Crippen molar-refractivity contribution in [2.24, 2.45) is 0 Å². The van der Waals surface area contributed by atoms with E-state index in [1.807, 2.05) is 48.5 Å². The van der Waals surface area contributed by atoms with Gasteiger partial charge < -0.3 is 15.0 Å². The summed E-state index contributed by atoms with van der Waals surface area (Å²) in [4.78, 5) is 38.8. The number of nitro benzene ring substituents is 1. The molecule has 2 amide bonds. The van der Waals surface area contributed by atoms with Crippen molar-refractivity contribution in [3.8, 4) is 5.75 Å². The van der Waals surface area contributed by atoms with Crippen molar-refractivity contribution < 1.29 is 19.2 Å². The van der Waals surface area contributed by atoms with Crippen LogP contribution in [0.25, 0.3) is 0 Å². The van der Waals surface area contributed by atoms with Gasteiger partial charge in [-0.15, -0.1) is 11.8 Å². The van der Waals surface area contributed by atoms with E-state index >= 15 is 0 Å². The zero-order valence-corrected chi connectivity index (χ0v) is 18.6. The predicted octanol–water partition coefficient (Wildman–Crippen LogP) is 4.81. The van der Waals surface area contributed by atoms with E-state index < -0.39 is 10.8 Å². The van der Waals surface area contributed by atoms with Crippen molar-refractivity contribution >= 4 is 40.6 Å². The number of thioether (sulfide) groups is 1. The number of amides is 2. The minimum absolute atomic E-state index is 0.116. The number of fused-ring (bicyclic) bond motifs is 1. The Bertz CT molecular complexity index is 1200. The molecule has 0 saturated heterocycles. The number of ether oxygens (including phenoxy) is 1. The summed E-state index contributed by atoms with van der Waals surface area (Å²) in [5.41, 5.74) is 1.84. The first kappa shape index (κ1) is 22.3. The summed E-state index contributed by atoms with van der Waals surface area (Å²) in [6, 6.07) is 20.8. The number of carbonyl (C=O) groups excluding carboxylic acids is 2. The van der Waals surface area contributed by atoms with Gasteiger partial charge in [-0.25, -0.2) is 0 Å². The maximum Gasteiger partial charge on any atom is 0.271 e. The Morgan fingerprint density at radius 3 is 2.64 bits per heavy atom. The van der Waals surface area contributed by atoms with Gasteiger partial charge in [-0.2, -0.15) is 0 Å². The van der Waals surface area contributed by atoms with Crippen LogP contribution < -0.4 is 15.0 Å². The summed E-state index contributed by atoms with van der Waals surface area (Å²) in [5.74, 6) is 0.123. The summed E-state index contributed by atoms with van der Waals surface area (Å²) in [5, 5.41) is 13.5. The van der Waals surface area contributed by atoms with Gasteiger partial charge in [-0.1, -0.05) is 30.3 Å². The molecule has 8 nitrogen and oxygen atoms in total. The van der Waals surface area contributed by atoms with E-state index in [0.717, 1.165) is 16.2 Å². The second-order valence-electron chi connectivity index (χ2n) is 7.39. The molecule has 33 heavy (non-hydrogen) atoms. The lowest BCUT2D eigenvalue weighted by Gasteiger charge is -2.22. The van der Waals surface area contributed by atoms with Gasteiger partial charge in [-0.3, -0.25) is 19.7 Å². The van der Waals surface area contributed by atoms with Gasteiger partial charge in [0.1, 0.15) is 12.3 Å². The molecule has 0 aromatic heterocycles. The molecule has 4 rings (SSSR count). The number of benzene rings is 3. The fourth-order valence-corrected chi connectivity index (χ4v) is 4.88. The lowest BCUT2D eigenvalue weighted by atomic mass is 10.1. The number of nitrogens with zero attached hydrogens (tertiary/aromatic N) is 2. The average molecular weight is 464 g/mol. The summed E-state index contributed by atoms with van der Waals surface area (Å²) in [7, 11) is 1.60. The van der Waals surface area contributed by atoms with E-state index in [2.05, 4.69) is 5.32 Å². The second-order valence-corrected chi connectivity index (χ2v) is 8.63. The standard InChI is InChI=1S/C24H21N3O5S/c1-32-19-11-9-16(10-12-19)22-14-24(29)26(20-7-2-3-8-21(20)33-22)15-23(28)25-17-5-4-6-18(13-17)27(30)31/h2-13,22H,14-15H2,1H3,(H,25,28). The number of non-ortho nitro benzene ring substituents is 1. The Balaban J connectivity index is 1.56. The summed E-state index contributed by atoms with van der Waals surface area (Å²) >= 11 is 1.58. The molecule has 0 spiro atoms. The van der Waals surface area contributed by atoms with E-state index in [1.54, 1.807) is 24.9 Å². The van der Waals surface area contributed by atoms with Crippen LogP contribution in [0.4, 0.5) is 17.1 Å². The molecular formula is C24H21N3O5S. The molecule has 1 unspecified atom stereocenters. The monoisotopic (exact) mass is 463 g/mol. The van der Waals surface area contributed by atoms with E-state index in [1.165, 1.54) is 23.1 Å². The van der Waals surface area contributed by atoms with Crippen LogP contribution in [0.2, 0.25) is 0 Å². The predicted molar refractivity (Wildman–Crippen MR) is 127 cm³/mol. The molecule has 1 atom stereocenters. The highest BCUT2D eigenvalue weighted by molar-refractivity contribution is 7.99. The Hall–Kier alpha value is -3.85. The minimum atomic E-state index is -0.527. The van der Waals surface area contributed by atoms with Gasteiger partial charge in [0.15, 0.2) is 0 Å². The first-order valence-corrected chi connectivity index (χ1v) is 11.1. The van der Waals surface area contributed by atoms with E-state index in [4.69, 9.17) is 4.74 Å². The molecular weight excluding hydrogens is 442 g/mol.